The van der Waals surface area contributed by atoms with E-state index >= 15 is 0 Å². The minimum Gasteiger partial charge on any atom is -0.331 e. The van der Waals surface area contributed by atoms with Crippen LogP contribution in [-0.2, 0) is 0 Å². The standard InChI is InChI=1S/C28H33N3O/c1-21(26-13-7-11-24-10-5-6-12-27(24)26)29-28(32)31-19-16-25(20-31)30-17-14-23(15-18-30)22-8-3-2-4-9-22/h2-13,21,23,25H,14-20H2,1H3,(H,29,32)/t21-,25?/m0/s1. The van der Waals surface area contributed by atoms with Crippen LogP contribution in [0.3, 0.4) is 0 Å². The molecule has 2 amide bonds. The summed E-state index contributed by atoms with van der Waals surface area (Å²) >= 11 is 0. The van der Waals surface area contributed by atoms with Crippen molar-refractivity contribution in [3.05, 3.63) is 83.9 Å². The van der Waals surface area contributed by atoms with Crippen LogP contribution in [0.2, 0.25) is 0 Å². The molecule has 32 heavy (non-hydrogen) atoms. The number of fused-ring (bicyclic) bond motifs is 1. The van der Waals surface area contributed by atoms with E-state index < -0.39 is 0 Å². The van der Waals surface area contributed by atoms with Crippen molar-refractivity contribution < 1.29 is 4.79 Å². The van der Waals surface area contributed by atoms with Crippen LogP contribution in [-0.4, -0.2) is 48.1 Å². The van der Waals surface area contributed by atoms with Crippen LogP contribution in [0.1, 0.15) is 49.3 Å². The molecule has 4 nitrogen and oxygen atoms in total. The molecule has 4 heteroatoms. The minimum atomic E-state index is -0.0192. The van der Waals surface area contributed by atoms with Crippen LogP contribution in [0, 0.1) is 0 Å². The van der Waals surface area contributed by atoms with Gasteiger partial charge in [0, 0.05) is 19.1 Å². The number of piperidine rings is 1. The molecule has 2 saturated heterocycles. The smallest absolute Gasteiger partial charge is 0.317 e. The van der Waals surface area contributed by atoms with Crippen molar-refractivity contribution in [2.24, 2.45) is 0 Å². The highest BCUT2D eigenvalue weighted by Crippen LogP contribution is 2.30. The molecule has 3 aromatic carbocycles. The summed E-state index contributed by atoms with van der Waals surface area (Å²) in [6.45, 7) is 6.03. The number of carbonyl (C=O) groups excluding carboxylic acids is 1. The van der Waals surface area contributed by atoms with E-state index in [0.717, 1.165) is 32.6 Å². The van der Waals surface area contributed by atoms with Gasteiger partial charge in [-0.3, -0.25) is 4.90 Å². The lowest BCUT2D eigenvalue weighted by Gasteiger charge is -2.36. The first-order valence-corrected chi connectivity index (χ1v) is 12.0. The number of benzene rings is 3. The Bertz CT molecular complexity index is 1050. The van der Waals surface area contributed by atoms with Gasteiger partial charge in [-0.1, -0.05) is 72.8 Å². The van der Waals surface area contributed by atoms with Crippen molar-refractivity contribution >= 4 is 16.8 Å². The molecule has 0 aromatic heterocycles. The van der Waals surface area contributed by atoms with Gasteiger partial charge in [0.05, 0.1) is 6.04 Å². The molecule has 166 valence electrons. The predicted octanol–water partition coefficient (Wildman–Crippen LogP) is 5.56. The van der Waals surface area contributed by atoms with Gasteiger partial charge in [0.1, 0.15) is 0 Å². The highest BCUT2D eigenvalue weighted by atomic mass is 16.2. The monoisotopic (exact) mass is 427 g/mol. The third-order valence-electron chi connectivity index (χ3n) is 7.40. The number of carbonyl (C=O) groups is 1. The van der Waals surface area contributed by atoms with E-state index in [0.29, 0.717) is 12.0 Å². The second-order valence-corrected chi connectivity index (χ2v) is 9.35. The molecule has 2 heterocycles. The Morgan fingerprint density at radius 3 is 2.41 bits per heavy atom. The summed E-state index contributed by atoms with van der Waals surface area (Å²) in [7, 11) is 0. The van der Waals surface area contributed by atoms with Gasteiger partial charge in [-0.25, -0.2) is 4.79 Å². The maximum absolute atomic E-state index is 13.0. The van der Waals surface area contributed by atoms with Crippen LogP contribution in [0.5, 0.6) is 0 Å². The minimum absolute atomic E-state index is 0.0192. The molecule has 5 rings (SSSR count). The average molecular weight is 428 g/mol. The Kier molecular flexibility index (Phi) is 6.13. The average Bonchev–Trinajstić information content (AvgIpc) is 3.35. The molecule has 0 bridgehead atoms. The first-order chi connectivity index (χ1) is 15.7. The molecule has 2 aliphatic heterocycles. The van der Waals surface area contributed by atoms with Gasteiger partial charge < -0.3 is 10.2 Å². The summed E-state index contributed by atoms with van der Waals surface area (Å²) in [5, 5.41) is 5.68. The Morgan fingerprint density at radius 2 is 1.59 bits per heavy atom. The lowest BCUT2D eigenvalue weighted by Crippen LogP contribution is -2.45. The summed E-state index contributed by atoms with van der Waals surface area (Å²) in [5.74, 6) is 0.676. The molecule has 1 unspecified atom stereocenters. The summed E-state index contributed by atoms with van der Waals surface area (Å²) in [4.78, 5) is 17.6. The third-order valence-corrected chi connectivity index (χ3v) is 7.40. The molecule has 2 aliphatic rings. The van der Waals surface area contributed by atoms with Crippen molar-refractivity contribution in [3.63, 3.8) is 0 Å². The van der Waals surface area contributed by atoms with E-state index in [2.05, 4.69) is 89.9 Å². The fourth-order valence-electron chi connectivity index (χ4n) is 5.53. The van der Waals surface area contributed by atoms with Crippen LogP contribution < -0.4 is 5.32 Å². The molecule has 1 N–H and O–H groups in total. The lowest BCUT2D eigenvalue weighted by atomic mass is 9.89. The highest BCUT2D eigenvalue weighted by Gasteiger charge is 2.33. The van der Waals surface area contributed by atoms with E-state index in [9.17, 15) is 4.79 Å². The van der Waals surface area contributed by atoms with Crippen molar-refractivity contribution in [2.75, 3.05) is 26.2 Å². The zero-order chi connectivity index (χ0) is 21.9. The zero-order valence-corrected chi connectivity index (χ0v) is 18.9. The Morgan fingerprint density at radius 1 is 0.875 bits per heavy atom. The van der Waals surface area contributed by atoms with Crippen molar-refractivity contribution in [2.45, 2.75) is 44.2 Å². The number of likely N-dealkylation sites (tertiary alicyclic amines) is 2. The molecule has 2 atom stereocenters. The summed E-state index contributed by atoms with van der Waals surface area (Å²) in [6, 6.07) is 26.2. The summed E-state index contributed by atoms with van der Waals surface area (Å²) in [6.07, 6.45) is 3.50. The Hall–Kier alpha value is -2.85. The van der Waals surface area contributed by atoms with Gasteiger partial charge in [-0.2, -0.15) is 0 Å². The maximum Gasteiger partial charge on any atom is 0.317 e. The largest absolute Gasteiger partial charge is 0.331 e. The fourth-order valence-corrected chi connectivity index (χ4v) is 5.53. The Labute approximate surface area is 191 Å². The molecule has 2 fully saturated rings. The van der Waals surface area contributed by atoms with Gasteiger partial charge in [0.15, 0.2) is 0 Å². The van der Waals surface area contributed by atoms with E-state index in [1.54, 1.807) is 0 Å². The number of urea groups is 1. The number of nitrogens with zero attached hydrogens (tertiary/aromatic N) is 2. The molecular formula is C28H33N3O. The second-order valence-electron chi connectivity index (χ2n) is 9.35. The molecule has 0 aliphatic carbocycles. The number of hydrogen-bond donors (Lipinski definition) is 1. The molecule has 0 spiro atoms. The number of rotatable bonds is 4. The number of amides is 2. The molecule has 0 radical (unpaired) electrons. The van der Waals surface area contributed by atoms with Crippen LogP contribution in [0.25, 0.3) is 10.8 Å². The first kappa shape index (κ1) is 21.0. The normalized spacial score (nSPS) is 21.0. The predicted molar refractivity (Wildman–Crippen MR) is 131 cm³/mol. The van der Waals surface area contributed by atoms with Crippen molar-refractivity contribution in [3.8, 4) is 0 Å². The highest BCUT2D eigenvalue weighted by molar-refractivity contribution is 5.86. The Balaban J connectivity index is 1.16. The third kappa shape index (κ3) is 4.37. The van der Waals surface area contributed by atoms with Gasteiger partial charge >= 0.3 is 6.03 Å². The van der Waals surface area contributed by atoms with Gasteiger partial charge in [0.25, 0.3) is 0 Å². The van der Waals surface area contributed by atoms with Gasteiger partial charge in [0.2, 0.25) is 0 Å². The molecule has 0 saturated carbocycles. The zero-order valence-electron chi connectivity index (χ0n) is 18.9. The maximum atomic E-state index is 13.0. The van der Waals surface area contributed by atoms with E-state index in [1.165, 1.54) is 34.7 Å². The first-order valence-electron chi connectivity index (χ1n) is 12.0. The van der Waals surface area contributed by atoms with E-state index in [1.807, 2.05) is 4.90 Å². The summed E-state index contributed by atoms with van der Waals surface area (Å²) in [5.41, 5.74) is 2.65. The van der Waals surface area contributed by atoms with Crippen LogP contribution in [0.4, 0.5) is 4.79 Å². The van der Waals surface area contributed by atoms with Gasteiger partial charge in [-0.05, 0) is 67.1 Å². The second kappa shape index (κ2) is 9.33. The van der Waals surface area contributed by atoms with Crippen molar-refractivity contribution in [1.82, 2.24) is 15.1 Å². The molecular weight excluding hydrogens is 394 g/mol. The van der Waals surface area contributed by atoms with E-state index in [4.69, 9.17) is 0 Å². The van der Waals surface area contributed by atoms with Crippen LogP contribution in [0.15, 0.2) is 72.8 Å². The summed E-state index contributed by atoms with van der Waals surface area (Å²) < 4.78 is 0. The van der Waals surface area contributed by atoms with Crippen LogP contribution >= 0.6 is 0 Å². The topological polar surface area (TPSA) is 35.6 Å². The quantitative estimate of drug-likeness (QED) is 0.591. The van der Waals surface area contributed by atoms with Crippen molar-refractivity contribution in [1.29, 1.82) is 0 Å². The molecule has 3 aromatic rings. The number of hydrogen-bond acceptors (Lipinski definition) is 2. The number of nitrogens with one attached hydrogen (secondary N) is 1. The SMILES string of the molecule is C[C@H](NC(=O)N1CCC(N2CCC(c3ccccc3)CC2)C1)c1cccc2ccccc12. The lowest BCUT2D eigenvalue weighted by molar-refractivity contribution is 0.151. The van der Waals surface area contributed by atoms with Gasteiger partial charge in [-0.15, -0.1) is 0 Å². The van der Waals surface area contributed by atoms with E-state index in [-0.39, 0.29) is 12.1 Å². The fraction of sp³-hybridized carbons (Fsp3) is 0.393.